The molecule has 2 aromatic carbocycles. The Morgan fingerprint density at radius 1 is 0.824 bits per heavy atom. The van der Waals surface area contributed by atoms with Crippen LogP contribution in [-0.2, 0) is 0 Å². The summed E-state index contributed by atoms with van der Waals surface area (Å²) in [6, 6.07) is 15.2. The average Bonchev–Trinajstić information content (AvgIpc) is 2.31. The number of nitro groups is 1. The zero-order chi connectivity index (χ0) is 12.7. The van der Waals surface area contributed by atoms with E-state index in [0.29, 0.717) is 5.69 Å². The number of rotatable bonds is 1. The zero-order valence-corrected chi connectivity index (χ0v) is 9.11. The lowest BCUT2D eigenvalue weighted by molar-refractivity contribution is -0.384. The van der Waals surface area contributed by atoms with Crippen LogP contribution in [0.25, 0.3) is 0 Å². The monoisotopic (exact) mass is 231 g/mol. The minimum atomic E-state index is -0.459. The Balaban J connectivity index is 0.000000181. The van der Waals surface area contributed by atoms with Crippen LogP contribution in [0.2, 0.25) is 0 Å². The molecule has 0 saturated heterocycles. The average molecular weight is 231 g/mol. The fourth-order valence-electron chi connectivity index (χ4n) is 1.05. The van der Waals surface area contributed by atoms with Crippen LogP contribution in [0.3, 0.4) is 0 Å². The van der Waals surface area contributed by atoms with Crippen molar-refractivity contribution in [3.63, 3.8) is 0 Å². The minimum absolute atomic E-state index is 0.0641. The molecule has 17 heavy (non-hydrogen) atoms. The molecule has 0 heterocycles. The molecule has 0 spiro atoms. The van der Waals surface area contributed by atoms with Gasteiger partial charge in [-0.1, -0.05) is 18.2 Å². The van der Waals surface area contributed by atoms with E-state index in [1.807, 2.05) is 30.3 Å². The Labute approximate surface area is 98.8 Å². The Morgan fingerprint density at radius 3 is 1.65 bits per heavy atom. The van der Waals surface area contributed by atoms with Crippen molar-refractivity contribution in [2.45, 2.75) is 0 Å². The molecule has 0 radical (unpaired) electrons. The highest BCUT2D eigenvalue weighted by Crippen LogP contribution is 2.12. The second-order valence-electron chi connectivity index (χ2n) is 3.26. The molecule has 0 aliphatic carbocycles. The molecule has 0 unspecified atom stereocenters. The Bertz CT molecular complexity index is 469. The van der Waals surface area contributed by atoms with Gasteiger partial charge in [0.15, 0.2) is 0 Å². The smallest absolute Gasteiger partial charge is 0.269 e. The fraction of sp³-hybridized carbons (Fsp3) is 0. The van der Waals surface area contributed by atoms with Gasteiger partial charge >= 0.3 is 0 Å². The van der Waals surface area contributed by atoms with Gasteiger partial charge in [0.2, 0.25) is 0 Å². The molecule has 88 valence electrons. The predicted octanol–water partition coefficient (Wildman–Crippen LogP) is 2.45. The van der Waals surface area contributed by atoms with E-state index in [1.54, 1.807) is 0 Å². The van der Waals surface area contributed by atoms with Gasteiger partial charge in [0.25, 0.3) is 5.69 Å². The first-order valence-corrected chi connectivity index (χ1v) is 4.90. The number of benzene rings is 2. The summed E-state index contributed by atoms with van der Waals surface area (Å²) in [5.41, 5.74) is 12.1. The molecule has 0 aliphatic rings. The van der Waals surface area contributed by atoms with Crippen molar-refractivity contribution in [1.82, 2.24) is 0 Å². The number of nitrogen functional groups attached to an aromatic ring is 2. The van der Waals surface area contributed by atoms with Crippen molar-refractivity contribution < 1.29 is 4.92 Å². The van der Waals surface area contributed by atoms with Crippen LogP contribution < -0.4 is 11.5 Å². The number of nitrogens with two attached hydrogens (primary N) is 2. The van der Waals surface area contributed by atoms with E-state index in [4.69, 9.17) is 11.5 Å². The van der Waals surface area contributed by atoms with Gasteiger partial charge in [-0.2, -0.15) is 0 Å². The van der Waals surface area contributed by atoms with E-state index in [1.165, 1.54) is 24.3 Å². The van der Waals surface area contributed by atoms with Crippen molar-refractivity contribution >= 4 is 17.1 Å². The Kier molecular flexibility index (Phi) is 4.50. The first-order valence-electron chi connectivity index (χ1n) is 4.90. The molecule has 2 aromatic rings. The maximum atomic E-state index is 10.1. The summed E-state index contributed by atoms with van der Waals surface area (Å²) >= 11 is 0. The number of hydrogen-bond donors (Lipinski definition) is 2. The van der Waals surface area contributed by atoms with Crippen LogP contribution in [0.1, 0.15) is 0 Å². The number of non-ortho nitro benzene ring substituents is 1. The quantitative estimate of drug-likeness (QED) is 0.447. The molecular formula is C12H13N3O2. The third kappa shape index (κ3) is 4.65. The molecule has 5 heteroatoms. The second-order valence-corrected chi connectivity index (χ2v) is 3.26. The SMILES string of the molecule is Nc1ccc([N+](=O)[O-])cc1.Nc1ccccc1. The van der Waals surface area contributed by atoms with Crippen molar-refractivity contribution in [2.24, 2.45) is 0 Å². The van der Waals surface area contributed by atoms with Crippen molar-refractivity contribution in [3.8, 4) is 0 Å². The van der Waals surface area contributed by atoms with Crippen molar-refractivity contribution in [2.75, 3.05) is 11.5 Å². The normalized spacial score (nSPS) is 8.94. The first-order chi connectivity index (χ1) is 8.09. The molecule has 0 amide bonds. The number of hydrogen-bond acceptors (Lipinski definition) is 4. The molecule has 5 nitrogen and oxygen atoms in total. The summed E-state index contributed by atoms with van der Waals surface area (Å²) in [7, 11) is 0. The summed E-state index contributed by atoms with van der Waals surface area (Å²) in [5, 5.41) is 10.1. The molecule has 2 rings (SSSR count). The zero-order valence-electron chi connectivity index (χ0n) is 9.11. The number of nitrogens with zero attached hydrogens (tertiary/aromatic N) is 1. The van der Waals surface area contributed by atoms with Gasteiger partial charge in [-0.3, -0.25) is 10.1 Å². The number of anilines is 2. The van der Waals surface area contributed by atoms with Gasteiger partial charge in [-0.05, 0) is 24.3 Å². The summed E-state index contributed by atoms with van der Waals surface area (Å²) < 4.78 is 0. The van der Waals surface area contributed by atoms with Crippen LogP contribution in [0.4, 0.5) is 17.1 Å². The van der Waals surface area contributed by atoms with E-state index < -0.39 is 4.92 Å². The standard InChI is InChI=1S/C6H6N2O2.C6H7N/c7-5-1-3-6(4-2-5)8(9)10;7-6-4-2-1-3-5-6/h1-4H,7H2;1-5H,7H2. The second kappa shape index (κ2) is 6.12. The summed E-state index contributed by atoms with van der Waals surface area (Å²) in [5.74, 6) is 0. The molecule has 0 fully saturated rings. The maximum Gasteiger partial charge on any atom is 0.269 e. The van der Waals surface area contributed by atoms with E-state index >= 15 is 0 Å². The van der Waals surface area contributed by atoms with Gasteiger partial charge in [-0.15, -0.1) is 0 Å². The maximum absolute atomic E-state index is 10.1. The largest absolute Gasteiger partial charge is 0.399 e. The van der Waals surface area contributed by atoms with E-state index in [2.05, 4.69) is 0 Å². The van der Waals surface area contributed by atoms with E-state index in [9.17, 15) is 10.1 Å². The van der Waals surface area contributed by atoms with Crippen molar-refractivity contribution in [3.05, 3.63) is 64.7 Å². The lowest BCUT2D eigenvalue weighted by Crippen LogP contribution is -1.88. The third-order valence-corrected chi connectivity index (χ3v) is 1.90. The Hall–Kier alpha value is -2.56. The lowest BCUT2D eigenvalue weighted by atomic mass is 10.3. The molecule has 0 aromatic heterocycles. The number of nitro benzene ring substituents is 1. The topological polar surface area (TPSA) is 95.2 Å². The highest BCUT2D eigenvalue weighted by Gasteiger charge is 2.00. The van der Waals surface area contributed by atoms with Crippen LogP contribution >= 0.6 is 0 Å². The van der Waals surface area contributed by atoms with Gasteiger partial charge in [0, 0.05) is 23.5 Å². The molecule has 0 aliphatic heterocycles. The van der Waals surface area contributed by atoms with Crippen molar-refractivity contribution in [1.29, 1.82) is 0 Å². The van der Waals surface area contributed by atoms with Crippen LogP contribution in [-0.4, -0.2) is 4.92 Å². The minimum Gasteiger partial charge on any atom is -0.399 e. The Morgan fingerprint density at radius 2 is 1.29 bits per heavy atom. The third-order valence-electron chi connectivity index (χ3n) is 1.90. The highest BCUT2D eigenvalue weighted by atomic mass is 16.6. The van der Waals surface area contributed by atoms with Crippen LogP contribution in [0.15, 0.2) is 54.6 Å². The van der Waals surface area contributed by atoms with Crippen LogP contribution in [0.5, 0.6) is 0 Å². The summed E-state index contributed by atoms with van der Waals surface area (Å²) in [6.45, 7) is 0. The van der Waals surface area contributed by atoms with Crippen LogP contribution in [0, 0.1) is 10.1 Å². The van der Waals surface area contributed by atoms with Gasteiger partial charge in [-0.25, -0.2) is 0 Å². The summed E-state index contributed by atoms with van der Waals surface area (Å²) in [6.07, 6.45) is 0. The molecule has 0 saturated carbocycles. The van der Waals surface area contributed by atoms with Gasteiger partial charge < -0.3 is 11.5 Å². The predicted molar refractivity (Wildman–Crippen MR) is 68.4 cm³/mol. The molecule has 4 N–H and O–H groups in total. The number of para-hydroxylation sites is 1. The first kappa shape index (κ1) is 12.5. The van der Waals surface area contributed by atoms with Gasteiger partial charge in [0.05, 0.1) is 4.92 Å². The molecule has 0 bridgehead atoms. The van der Waals surface area contributed by atoms with Gasteiger partial charge in [0.1, 0.15) is 0 Å². The highest BCUT2D eigenvalue weighted by molar-refractivity contribution is 5.44. The molecular weight excluding hydrogens is 218 g/mol. The van der Waals surface area contributed by atoms with E-state index in [0.717, 1.165) is 5.69 Å². The lowest BCUT2D eigenvalue weighted by Gasteiger charge is -1.90. The summed E-state index contributed by atoms with van der Waals surface area (Å²) in [4.78, 5) is 9.62. The molecule has 0 atom stereocenters. The fourth-order valence-corrected chi connectivity index (χ4v) is 1.05. The van der Waals surface area contributed by atoms with E-state index in [-0.39, 0.29) is 5.69 Å².